The highest BCUT2D eigenvalue weighted by molar-refractivity contribution is 5.17. The fourth-order valence-electron chi connectivity index (χ4n) is 1.53. The van der Waals surface area contributed by atoms with Gasteiger partial charge in [0.2, 0.25) is 0 Å². The van der Waals surface area contributed by atoms with Crippen molar-refractivity contribution in [2.24, 2.45) is 0 Å². The second-order valence-corrected chi connectivity index (χ2v) is 3.67. The van der Waals surface area contributed by atoms with Gasteiger partial charge >= 0.3 is 5.63 Å². The minimum atomic E-state index is -0.297. The first kappa shape index (κ1) is 11.7. The summed E-state index contributed by atoms with van der Waals surface area (Å²) in [5.74, 6) is 0.682. The quantitative estimate of drug-likeness (QED) is 0.744. The normalized spacial score (nSPS) is 12.4. The maximum atomic E-state index is 11.3. The van der Waals surface area contributed by atoms with Crippen LogP contribution in [-0.4, -0.2) is 0 Å². The molecule has 0 saturated carbocycles. The van der Waals surface area contributed by atoms with Gasteiger partial charge < -0.3 is 10.2 Å². The lowest BCUT2D eigenvalue weighted by Gasteiger charge is -2.06. The highest BCUT2D eigenvalue weighted by atomic mass is 16.4. The van der Waals surface area contributed by atoms with E-state index in [1.807, 2.05) is 6.07 Å². The lowest BCUT2D eigenvalue weighted by molar-refractivity contribution is -0.432. The lowest BCUT2D eigenvalue weighted by atomic mass is 10.1. The average Bonchev–Trinajstić information content (AvgIpc) is 2.17. The zero-order valence-electron chi connectivity index (χ0n) is 9.16. The smallest absolute Gasteiger partial charge is 0.336 e. The number of hydrogen-bond donors (Lipinski definition) is 1. The second-order valence-electron chi connectivity index (χ2n) is 3.67. The van der Waals surface area contributed by atoms with Crippen LogP contribution in [0, 0.1) is 0 Å². The molecule has 0 radical (unpaired) electrons. The Morgan fingerprint density at radius 1 is 1.60 bits per heavy atom. The Bertz CT molecular complexity index is 381. The SMILES string of the molecule is C=CCc1cc([C@H]([NH3+])CCC)oc(=O)c1. The first-order valence-electron chi connectivity index (χ1n) is 5.25. The van der Waals surface area contributed by atoms with Crippen LogP contribution in [0.2, 0.25) is 0 Å². The predicted molar refractivity (Wildman–Crippen MR) is 59.4 cm³/mol. The van der Waals surface area contributed by atoms with Gasteiger partial charge in [-0.2, -0.15) is 0 Å². The van der Waals surface area contributed by atoms with E-state index in [0.29, 0.717) is 12.2 Å². The molecule has 3 nitrogen and oxygen atoms in total. The molecule has 82 valence electrons. The lowest BCUT2D eigenvalue weighted by Crippen LogP contribution is -2.53. The summed E-state index contributed by atoms with van der Waals surface area (Å²) in [7, 11) is 0. The van der Waals surface area contributed by atoms with Gasteiger partial charge in [0, 0.05) is 12.5 Å². The molecule has 0 unspecified atom stereocenters. The maximum Gasteiger partial charge on any atom is 0.336 e. The summed E-state index contributed by atoms with van der Waals surface area (Å²) in [5.41, 5.74) is 4.63. The monoisotopic (exact) mass is 208 g/mol. The molecule has 0 spiro atoms. The molecule has 3 N–H and O–H groups in total. The first-order chi connectivity index (χ1) is 7.17. The van der Waals surface area contributed by atoms with Crippen molar-refractivity contribution in [1.82, 2.24) is 0 Å². The van der Waals surface area contributed by atoms with E-state index < -0.39 is 0 Å². The van der Waals surface area contributed by atoms with Crippen LogP contribution in [0.4, 0.5) is 0 Å². The Balaban J connectivity index is 2.97. The van der Waals surface area contributed by atoms with E-state index in [9.17, 15) is 4.79 Å². The minimum absolute atomic E-state index is 0.0625. The van der Waals surface area contributed by atoms with Gasteiger partial charge in [-0.25, -0.2) is 4.79 Å². The van der Waals surface area contributed by atoms with Gasteiger partial charge in [0.15, 0.2) is 5.76 Å². The third-order valence-corrected chi connectivity index (χ3v) is 2.27. The van der Waals surface area contributed by atoms with Crippen LogP contribution in [0.5, 0.6) is 0 Å². The van der Waals surface area contributed by atoms with Gasteiger partial charge in [-0.15, -0.1) is 6.58 Å². The molecule has 15 heavy (non-hydrogen) atoms. The van der Waals surface area contributed by atoms with Crippen molar-refractivity contribution in [3.63, 3.8) is 0 Å². The molecule has 0 amide bonds. The molecule has 3 heteroatoms. The highest BCUT2D eigenvalue weighted by Gasteiger charge is 2.12. The molecule has 0 fully saturated rings. The molecule has 1 aromatic heterocycles. The average molecular weight is 208 g/mol. The van der Waals surface area contributed by atoms with Gasteiger partial charge in [-0.3, -0.25) is 0 Å². The van der Waals surface area contributed by atoms with Crippen molar-refractivity contribution in [2.75, 3.05) is 0 Å². The third kappa shape index (κ3) is 3.36. The Hall–Kier alpha value is -1.35. The molecular weight excluding hydrogens is 190 g/mol. The van der Waals surface area contributed by atoms with Crippen LogP contribution in [0.3, 0.4) is 0 Å². The van der Waals surface area contributed by atoms with E-state index in [2.05, 4.69) is 19.2 Å². The summed E-state index contributed by atoms with van der Waals surface area (Å²) in [6, 6.07) is 3.47. The van der Waals surface area contributed by atoms with Crippen molar-refractivity contribution < 1.29 is 10.2 Å². The minimum Gasteiger partial charge on any atom is -0.421 e. The standard InChI is InChI=1S/C12H17NO2/c1-3-5-9-7-11(10(13)6-4-2)15-12(14)8-9/h3,7-8,10H,1,4-6,13H2,2H3/p+1/t10-/m1/s1. The zero-order chi connectivity index (χ0) is 11.3. The van der Waals surface area contributed by atoms with Gasteiger partial charge in [-0.05, 0) is 18.1 Å². The number of hydrogen-bond acceptors (Lipinski definition) is 2. The van der Waals surface area contributed by atoms with Crippen molar-refractivity contribution >= 4 is 0 Å². The Morgan fingerprint density at radius 2 is 2.33 bits per heavy atom. The molecule has 1 heterocycles. The van der Waals surface area contributed by atoms with Crippen LogP contribution in [0.15, 0.2) is 34.0 Å². The van der Waals surface area contributed by atoms with Crippen molar-refractivity contribution in [3.05, 3.63) is 46.5 Å². The predicted octanol–water partition coefficient (Wildman–Crippen LogP) is 1.45. The zero-order valence-corrected chi connectivity index (χ0v) is 9.16. The molecule has 0 bridgehead atoms. The van der Waals surface area contributed by atoms with Crippen LogP contribution >= 0.6 is 0 Å². The summed E-state index contributed by atoms with van der Waals surface area (Å²) in [4.78, 5) is 11.3. The van der Waals surface area contributed by atoms with E-state index in [-0.39, 0.29) is 11.7 Å². The van der Waals surface area contributed by atoms with E-state index in [1.54, 1.807) is 6.08 Å². The number of allylic oxidation sites excluding steroid dienone is 1. The molecule has 1 rings (SSSR count). The summed E-state index contributed by atoms with van der Waals surface area (Å²) in [6.07, 6.45) is 4.43. The summed E-state index contributed by atoms with van der Waals surface area (Å²) >= 11 is 0. The number of rotatable bonds is 5. The molecule has 0 aliphatic carbocycles. The molecule has 1 atom stereocenters. The Labute approximate surface area is 89.6 Å². The van der Waals surface area contributed by atoms with Gasteiger partial charge in [-0.1, -0.05) is 19.4 Å². The molecule has 0 saturated heterocycles. The van der Waals surface area contributed by atoms with E-state index >= 15 is 0 Å². The largest absolute Gasteiger partial charge is 0.421 e. The Morgan fingerprint density at radius 3 is 2.93 bits per heavy atom. The Kier molecular flexibility index (Phi) is 4.31. The molecule has 1 aromatic rings. The van der Waals surface area contributed by atoms with Crippen LogP contribution < -0.4 is 11.4 Å². The van der Waals surface area contributed by atoms with Gasteiger partial charge in [0.05, 0.1) is 0 Å². The van der Waals surface area contributed by atoms with Crippen LogP contribution in [0.1, 0.15) is 37.1 Å². The second kappa shape index (κ2) is 5.51. The third-order valence-electron chi connectivity index (χ3n) is 2.27. The van der Waals surface area contributed by atoms with Crippen LogP contribution in [-0.2, 0) is 6.42 Å². The summed E-state index contributed by atoms with van der Waals surface area (Å²) in [5, 5.41) is 0. The summed E-state index contributed by atoms with van der Waals surface area (Å²) < 4.78 is 5.13. The van der Waals surface area contributed by atoms with Gasteiger partial charge in [0.1, 0.15) is 6.04 Å². The van der Waals surface area contributed by atoms with Gasteiger partial charge in [0.25, 0.3) is 0 Å². The molecule has 0 aliphatic rings. The molecule has 0 aliphatic heterocycles. The van der Waals surface area contributed by atoms with E-state index in [0.717, 1.165) is 18.4 Å². The maximum absolute atomic E-state index is 11.3. The fourth-order valence-corrected chi connectivity index (χ4v) is 1.53. The highest BCUT2D eigenvalue weighted by Crippen LogP contribution is 2.13. The van der Waals surface area contributed by atoms with E-state index in [4.69, 9.17) is 4.42 Å². The van der Waals surface area contributed by atoms with Crippen molar-refractivity contribution in [1.29, 1.82) is 0 Å². The van der Waals surface area contributed by atoms with Crippen LogP contribution in [0.25, 0.3) is 0 Å². The molecular formula is C12H18NO2+. The van der Waals surface area contributed by atoms with Crippen molar-refractivity contribution in [3.8, 4) is 0 Å². The fraction of sp³-hybridized carbons (Fsp3) is 0.417. The number of quaternary nitrogens is 1. The summed E-state index contributed by atoms with van der Waals surface area (Å²) in [6.45, 7) is 5.74. The molecule has 0 aromatic carbocycles. The first-order valence-corrected chi connectivity index (χ1v) is 5.25. The topological polar surface area (TPSA) is 57.9 Å². The van der Waals surface area contributed by atoms with E-state index in [1.165, 1.54) is 6.07 Å². The van der Waals surface area contributed by atoms with Crippen molar-refractivity contribution in [2.45, 2.75) is 32.2 Å².